The van der Waals surface area contributed by atoms with Gasteiger partial charge in [0.1, 0.15) is 5.75 Å². The number of hydrogen-bond donors (Lipinski definition) is 2. The van der Waals surface area contributed by atoms with Gasteiger partial charge in [-0.3, -0.25) is 9.59 Å². The van der Waals surface area contributed by atoms with Crippen molar-refractivity contribution in [3.63, 3.8) is 0 Å². The van der Waals surface area contributed by atoms with Crippen LogP contribution in [0.15, 0.2) is 60.7 Å². The molecule has 0 bridgehead atoms. The number of rotatable bonds is 7. The monoisotopic (exact) mass is 395 g/mol. The molecule has 7 nitrogen and oxygen atoms in total. The average Bonchev–Trinajstić information content (AvgIpc) is 3.13. The van der Waals surface area contributed by atoms with E-state index in [1.54, 1.807) is 29.2 Å². The van der Waals surface area contributed by atoms with Gasteiger partial charge in [0.25, 0.3) is 0 Å². The Hall–Kier alpha value is -3.35. The number of carbonyl (C=O) groups excluding carboxylic acids is 3. The molecular weight excluding hydrogens is 370 g/mol. The summed E-state index contributed by atoms with van der Waals surface area (Å²) in [4.78, 5) is 38.2. The maximum atomic E-state index is 12.4. The van der Waals surface area contributed by atoms with Crippen LogP contribution in [0.1, 0.15) is 24.9 Å². The van der Waals surface area contributed by atoms with Crippen LogP contribution in [0.5, 0.6) is 5.75 Å². The van der Waals surface area contributed by atoms with E-state index in [-0.39, 0.29) is 43.3 Å². The number of likely N-dealkylation sites (tertiary alicyclic amines) is 1. The van der Waals surface area contributed by atoms with E-state index >= 15 is 0 Å². The van der Waals surface area contributed by atoms with Gasteiger partial charge in [-0.15, -0.1) is 0 Å². The Morgan fingerprint density at radius 2 is 1.66 bits per heavy atom. The molecule has 1 aliphatic rings. The molecule has 152 valence electrons. The summed E-state index contributed by atoms with van der Waals surface area (Å²) in [6.07, 6.45) is -0.378. The van der Waals surface area contributed by atoms with Gasteiger partial charge < -0.3 is 20.3 Å². The van der Waals surface area contributed by atoms with Crippen LogP contribution in [-0.2, 0) is 9.59 Å². The third-order valence-electron chi connectivity index (χ3n) is 4.93. The van der Waals surface area contributed by atoms with Crippen LogP contribution < -0.4 is 15.4 Å². The van der Waals surface area contributed by atoms with Gasteiger partial charge in [-0.2, -0.15) is 0 Å². The van der Waals surface area contributed by atoms with Crippen LogP contribution in [0.25, 0.3) is 0 Å². The number of amides is 3. The van der Waals surface area contributed by atoms with Crippen molar-refractivity contribution in [2.45, 2.75) is 19.4 Å². The van der Waals surface area contributed by atoms with Crippen molar-refractivity contribution in [1.82, 2.24) is 15.5 Å². The molecular formula is C22H25N3O4. The van der Waals surface area contributed by atoms with E-state index < -0.39 is 6.09 Å². The Morgan fingerprint density at radius 1 is 1.03 bits per heavy atom. The lowest BCUT2D eigenvalue weighted by atomic mass is 10.1. The van der Waals surface area contributed by atoms with Crippen molar-refractivity contribution in [3.8, 4) is 5.75 Å². The highest BCUT2D eigenvalue weighted by molar-refractivity contribution is 5.89. The number of nitrogens with zero attached hydrogens (tertiary/aromatic N) is 1. The van der Waals surface area contributed by atoms with Crippen molar-refractivity contribution < 1.29 is 19.1 Å². The summed E-state index contributed by atoms with van der Waals surface area (Å²) < 4.78 is 5.10. The van der Waals surface area contributed by atoms with Crippen LogP contribution in [0, 0.1) is 5.92 Å². The molecule has 2 unspecified atom stereocenters. The van der Waals surface area contributed by atoms with Crippen molar-refractivity contribution in [1.29, 1.82) is 0 Å². The Kier molecular flexibility index (Phi) is 6.84. The largest absolute Gasteiger partial charge is 0.412 e. The Labute approximate surface area is 170 Å². The van der Waals surface area contributed by atoms with Crippen molar-refractivity contribution >= 4 is 17.9 Å². The predicted octanol–water partition coefficient (Wildman–Crippen LogP) is 2.50. The zero-order valence-corrected chi connectivity index (χ0v) is 16.3. The molecule has 1 aliphatic heterocycles. The van der Waals surface area contributed by atoms with E-state index in [0.717, 1.165) is 5.56 Å². The first-order chi connectivity index (χ1) is 14.0. The van der Waals surface area contributed by atoms with Gasteiger partial charge in [0, 0.05) is 26.1 Å². The van der Waals surface area contributed by atoms with Gasteiger partial charge in [-0.25, -0.2) is 4.79 Å². The van der Waals surface area contributed by atoms with Crippen LogP contribution in [-0.4, -0.2) is 42.4 Å². The van der Waals surface area contributed by atoms with E-state index in [4.69, 9.17) is 4.74 Å². The van der Waals surface area contributed by atoms with Crippen molar-refractivity contribution in [2.75, 3.05) is 19.6 Å². The number of nitrogens with one attached hydrogen (secondary N) is 2. The molecule has 2 aromatic carbocycles. The fourth-order valence-electron chi connectivity index (χ4n) is 3.32. The van der Waals surface area contributed by atoms with Gasteiger partial charge >= 0.3 is 6.09 Å². The summed E-state index contributed by atoms with van der Waals surface area (Å²) in [6, 6.07) is 18.4. The Bertz CT molecular complexity index is 842. The second kappa shape index (κ2) is 9.73. The van der Waals surface area contributed by atoms with E-state index in [1.165, 1.54) is 0 Å². The number of benzene rings is 2. The van der Waals surface area contributed by atoms with Gasteiger partial charge in [0.2, 0.25) is 11.8 Å². The minimum Gasteiger partial charge on any atom is -0.410 e. The lowest BCUT2D eigenvalue weighted by Gasteiger charge is -2.25. The minimum absolute atomic E-state index is 0.0222. The molecule has 3 rings (SSSR count). The van der Waals surface area contributed by atoms with Gasteiger partial charge in [-0.1, -0.05) is 48.5 Å². The maximum absolute atomic E-state index is 12.4. The standard InChI is InChI=1S/C22H25N3O4/c1-16(17-8-4-2-5-9-17)25-15-18(14-20(25)26)21(27)23-12-13-24-22(28)29-19-10-6-3-7-11-19/h2-11,16,18H,12-15H2,1H3,(H,23,27)(H,24,28). The summed E-state index contributed by atoms with van der Waals surface area (Å²) in [5, 5.41) is 5.36. The van der Waals surface area contributed by atoms with Crippen LogP contribution >= 0.6 is 0 Å². The molecule has 0 radical (unpaired) electrons. The first-order valence-corrected chi connectivity index (χ1v) is 9.67. The molecule has 0 saturated carbocycles. The Balaban J connectivity index is 1.40. The second-order valence-electron chi connectivity index (χ2n) is 6.95. The fourth-order valence-corrected chi connectivity index (χ4v) is 3.32. The topological polar surface area (TPSA) is 87.7 Å². The molecule has 2 atom stereocenters. The SMILES string of the molecule is CC(c1ccccc1)N1CC(C(=O)NCCNC(=O)Oc2ccccc2)CC1=O. The zero-order valence-electron chi connectivity index (χ0n) is 16.3. The van der Waals surface area contributed by atoms with E-state index in [0.29, 0.717) is 12.3 Å². The van der Waals surface area contributed by atoms with Crippen molar-refractivity contribution in [2.24, 2.45) is 5.92 Å². The highest BCUT2D eigenvalue weighted by Crippen LogP contribution is 2.28. The molecule has 1 fully saturated rings. The predicted molar refractivity (Wildman–Crippen MR) is 108 cm³/mol. The molecule has 7 heteroatoms. The fraction of sp³-hybridized carbons (Fsp3) is 0.318. The quantitative estimate of drug-likeness (QED) is 0.705. The third kappa shape index (κ3) is 5.57. The molecule has 0 aliphatic carbocycles. The lowest BCUT2D eigenvalue weighted by molar-refractivity contribution is -0.130. The van der Waals surface area contributed by atoms with Crippen LogP contribution in [0.3, 0.4) is 0 Å². The molecule has 2 aromatic rings. The van der Waals surface area contributed by atoms with Crippen LogP contribution in [0.2, 0.25) is 0 Å². The number of para-hydroxylation sites is 1. The molecule has 0 aromatic heterocycles. The lowest BCUT2D eigenvalue weighted by Crippen LogP contribution is -2.39. The van der Waals surface area contributed by atoms with Gasteiger partial charge in [-0.05, 0) is 24.6 Å². The Morgan fingerprint density at radius 3 is 2.34 bits per heavy atom. The van der Waals surface area contributed by atoms with Crippen molar-refractivity contribution in [3.05, 3.63) is 66.2 Å². The number of ether oxygens (including phenoxy) is 1. The summed E-state index contributed by atoms with van der Waals surface area (Å²) in [6.45, 7) is 2.86. The minimum atomic E-state index is -0.579. The number of carbonyl (C=O) groups is 3. The van der Waals surface area contributed by atoms with E-state index in [1.807, 2.05) is 43.3 Å². The first kappa shape index (κ1) is 20.4. The molecule has 29 heavy (non-hydrogen) atoms. The maximum Gasteiger partial charge on any atom is 0.412 e. The molecule has 1 saturated heterocycles. The average molecular weight is 395 g/mol. The molecule has 0 spiro atoms. The van der Waals surface area contributed by atoms with E-state index in [2.05, 4.69) is 10.6 Å². The summed E-state index contributed by atoms with van der Waals surface area (Å²) in [5.41, 5.74) is 1.04. The summed E-state index contributed by atoms with van der Waals surface area (Å²) >= 11 is 0. The highest BCUT2D eigenvalue weighted by Gasteiger charge is 2.36. The van der Waals surface area contributed by atoms with Crippen LogP contribution in [0.4, 0.5) is 4.79 Å². The number of hydrogen-bond acceptors (Lipinski definition) is 4. The second-order valence-corrected chi connectivity index (χ2v) is 6.95. The van der Waals surface area contributed by atoms with Gasteiger partial charge in [0.15, 0.2) is 0 Å². The smallest absolute Gasteiger partial charge is 0.410 e. The highest BCUT2D eigenvalue weighted by atomic mass is 16.6. The molecule has 3 amide bonds. The van der Waals surface area contributed by atoms with Gasteiger partial charge in [0.05, 0.1) is 12.0 Å². The third-order valence-corrected chi connectivity index (χ3v) is 4.93. The zero-order chi connectivity index (χ0) is 20.6. The normalized spacial score (nSPS) is 16.9. The summed E-state index contributed by atoms with van der Waals surface area (Å²) in [7, 11) is 0. The molecule has 1 heterocycles. The first-order valence-electron chi connectivity index (χ1n) is 9.67. The van der Waals surface area contributed by atoms with E-state index in [9.17, 15) is 14.4 Å². The summed E-state index contributed by atoms with van der Waals surface area (Å²) in [5.74, 6) is -0.138. The molecule has 2 N–H and O–H groups in total.